The van der Waals surface area contributed by atoms with Crippen LogP contribution in [0.3, 0.4) is 0 Å². The van der Waals surface area contributed by atoms with Crippen LogP contribution >= 0.6 is 0 Å². The number of hydrogen-bond donors (Lipinski definition) is 0. The molecule has 0 fully saturated rings. The maximum atomic E-state index is 12.9. The lowest BCUT2D eigenvalue weighted by Crippen LogP contribution is -2.30. The first-order valence-corrected chi connectivity index (χ1v) is 33.5. The van der Waals surface area contributed by atoms with Crippen LogP contribution in [0.15, 0.2) is 122 Å². The SMILES string of the molecule is CC/C=C\C/C=C\C/C=C\C/C=C\C/C=C\C/C=C\CCCCC(=O)OC(COC(=O)CCCC/C=C\C/C=C\C/C=C\C/C=C\CC)COC(=O)CCCCCCCCCCCCCCCCCCCCCCCCCCCC. The molecule has 0 radical (unpaired) electrons. The molecule has 0 aromatic carbocycles. The van der Waals surface area contributed by atoms with Gasteiger partial charge in [0, 0.05) is 19.3 Å². The minimum Gasteiger partial charge on any atom is -0.462 e. The van der Waals surface area contributed by atoms with Gasteiger partial charge in [-0.1, -0.05) is 303 Å². The summed E-state index contributed by atoms with van der Waals surface area (Å²) in [6, 6.07) is 0. The topological polar surface area (TPSA) is 78.9 Å². The number of rotatable bonds is 60. The highest BCUT2D eigenvalue weighted by atomic mass is 16.6. The molecule has 0 N–H and O–H groups in total. The van der Waals surface area contributed by atoms with Crippen molar-refractivity contribution in [3.63, 3.8) is 0 Å². The number of allylic oxidation sites excluding steroid dienone is 20. The molecule has 1 unspecified atom stereocenters. The minimum atomic E-state index is -0.822. The molecule has 0 aliphatic carbocycles. The number of esters is 3. The summed E-state index contributed by atoms with van der Waals surface area (Å²) in [5.74, 6) is -0.989. The highest BCUT2D eigenvalue weighted by Crippen LogP contribution is 2.17. The Balaban J connectivity index is 4.40. The van der Waals surface area contributed by atoms with Crippen molar-refractivity contribution in [2.75, 3.05) is 13.2 Å². The number of carbonyl (C=O) groups is 3. The summed E-state index contributed by atoms with van der Waals surface area (Å²) in [6.45, 7) is 6.37. The molecule has 0 rings (SSSR count). The summed E-state index contributed by atoms with van der Waals surface area (Å²) < 4.78 is 16.9. The van der Waals surface area contributed by atoms with Crippen LogP contribution in [-0.2, 0) is 28.6 Å². The first-order valence-electron chi connectivity index (χ1n) is 33.5. The van der Waals surface area contributed by atoms with Crippen LogP contribution in [0.25, 0.3) is 0 Å². The largest absolute Gasteiger partial charge is 0.462 e. The van der Waals surface area contributed by atoms with Gasteiger partial charge in [0.15, 0.2) is 6.10 Å². The first-order chi connectivity index (χ1) is 39.5. The van der Waals surface area contributed by atoms with Crippen LogP contribution in [0, 0.1) is 0 Å². The Hall–Kier alpha value is -4.19. The number of hydrogen-bond acceptors (Lipinski definition) is 6. The van der Waals surface area contributed by atoms with E-state index in [1.807, 2.05) is 0 Å². The zero-order valence-corrected chi connectivity index (χ0v) is 52.3. The van der Waals surface area contributed by atoms with Crippen LogP contribution in [0.4, 0.5) is 0 Å². The molecule has 0 spiro atoms. The van der Waals surface area contributed by atoms with Gasteiger partial charge in [-0.05, 0) is 109 Å². The van der Waals surface area contributed by atoms with Crippen molar-refractivity contribution in [2.24, 2.45) is 0 Å². The molecule has 0 saturated carbocycles. The van der Waals surface area contributed by atoms with Crippen LogP contribution in [0.1, 0.15) is 310 Å². The normalized spacial score (nSPS) is 12.9. The molecule has 0 aliphatic heterocycles. The van der Waals surface area contributed by atoms with E-state index in [-0.39, 0.29) is 37.5 Å². The molecular weight excluding hydrogens is 985 g/mol. The lowest BCUT2D eigenvalue weighted by Gasteiger charge is -2.18. The fraction of sp³-hybridized carbons (Fsp3) is 0.689. The molecule has 80 heavy (non-hydrogen) atoms. The van der Waals surface area contributed by atoms with Gasteiger partial charge in [0.25, 0.3) is 0 Å². The molecule has 0 aromatic rings. The minimum absolute atomic E-state index is 0.109. The third kappa shape index (κ3) is 64.6. The number of ether oxygens (including phenoxy) is 3. The molecule has 6 nitrogen and oxygen atoms in total. The second kappa shape index (κ2) is 67.3. The number of carbonyl (C=O) groups excluding carboxylic acids is 3. The van der Waals surface area contributed by atoms with Gasteiger partial charge in [-0.2, -0.15) is 0 Å². The number of unbranched alkanes of at least 4 members (excludes halogenated alkanes) is 29. The Morgan fingerprint density at radius 3 is 0.762 bits per heavy atom. The summed E-state index contributed by atoms with van der Waals surface area (Å²) in [5, 5.41) is 0. The Labute approximate surface area is 494 Å². The average molecular weight is 1110 g/mol. The molecule has 1 atom stereocenters. The van der Waals surface area contributed by atoms with E-state index in [9.17, 15) is 14.4 Å². The van der Waals surface area contributed by atoms with Crippen molar-refractivity contribution >= 4 is 17.9 Å². The summed E-state index contributed by atoms with van der Waals surface area (Å²) in [4.78, 5) is 38.3. The van der Waals surface area contributed by atoms with Gasteiger partial charge in [-0.15, -0.1) is 0 Å². The third-order valence-electron chi connectivity index (χ3n) is 14.2. The van der Waals surface area contributed by atoms with Crippen LogP contribution in [-0.4, -0.2) is 37.2 Å². The third-order valence-corrected chi connectivity index (χ3v) is 14.2. The highest BCUT2D eigenvalue weighted by Gasteiger charge is 2.19. The maximum Gasteiger partial charge on any atom is 0.306 e. The fourth-order valence-electron chi connectivity index (χ4n) is 9.26. The van der Waals surface area contributed by atoms with E-state index in [1.54, 1.807) is 0 Å². The van der Waals surface area contributed by atoms with Crippen molar-refractivity contribution in [3.05, 3.63) is 122 Å². The average Bonchev–Trinajstić information content (AvgIpc) is 3.46. The summed E-state index contributed by atoms with van der Waals surface area (Å²) in [6.07, 6.45) is 93.7. The van der Waals surface area contributed by atoms with Crippen molar-refractivity contribution < 1.29 is 28.6 Å². The maximum absolute atomic E-state index is 12.9. The van der Waals surface area contributed by atoms with Gasteiger partial charge in [0.05, 0.1) is 0 Å². The van der Waals surface area contributed by atoms with Crippen LogP contribution in [0.5, 0.6) is 0 Å². The van der Waals surface area contributed by atoms with E-state index in [2.05, 4.69) is 142 Å². The van der Waals surface area contributed by atoms with Gasteiger partial charge in [0.2, 0.25) is 0 Å². The Morgan fingerprint density at radius 2 is 0.487 bits per heavy atom. The summed E-state index contributed by atoms with van der Waals surface area (Å²) in [7, 11) is 0. The van der Waals surface area contributed by atoms with Gasteiger partial charge >= 0.3 is 17.9 Å². The zero-order chi connectivity index (χ0) is 57.8. The van der Waals surface area contributed by atoms with E-state index in [0.29, 0.717) is 25.7 Å². The van der Waals surface area contributed by atoms with Crippen LogP contribution in [0.2, 0.25) is 0 Å². The highest BCUT2D eigenvalue weighted by molar-refractivity contribution is 5.71. The molecule has 0 aliphatic rings. The van der Waals surface area contributed by atoms with E-state index in [4.69, 9.17) is 14.2 Å². The Kier molecular flexibility index (Phi) is 63.8. The molecule has 0 saturated heterocycles. The van der Waals surface area contributed by atoms with E-state index < -0.39 is 6.10 Å². The molecule has 456 valence electrons. The van der Waals surface area contributed by atoms with Crippen molar-refractivity contribution in [3.8, 4) is 0 Å². The summed E-state index contributed by atoms with van der Waals surface area (Å²) >= 11 is 0. The molecular formula is C74H124O6. The zero-order valence-electron chi connectivity index (χ0n) is 52.3. The van der Waals surface area contributed by atoms with Crippen molar-refractivity contribution in [2.45, 2.75) is 316 Å². The Bertz CT molecular complexity index is 1650. The van der Waals surface area contributed by atoms with Crippen molar-refractivity contribution in [1.82, 2.24) is 0 Å². The molecule has 6 heteroatoms. The van der Waals surface area contributed by atoms with E-state index in [0.717, 1.165) is 109 Å². The van der Waals surface area contributed by atoms with Gasteiger partial charge in [0.1, 0.15) is 13.2 Å². The Morgan fingerprint density at radius 1 is 0.263 bits per heavy atom. The second-order valence-corrected chi connectivity index (χ2v) is 22.0. The lowest BCUT2D eigenvalue weighted by molar-refractivity contribution is -0.167. The van der Waals surface area contributed by atoms with Crippen LogP contribution < -0.4 is 0 Å². The smallest absolute Gasteiger partial charge is 0.306 e. The molecule has 0 amide bonds. The molecule has 0 heterocycles. The lowest BCUT2D eigenvalue weighted by atomic mass is 10.0. The van der Waals surface area contributed by atoms with E-state index >= 15 is 0 Å². The quantitative estimate of drug-likeness (QED) is 0.0261. The van der Waals surface area contributed by atoms with Crippen molar-refractivity contribution in [1.29, 1.82) is 0 Å². The van der Waals surface area contributed by atoms with E-state index in [1.165, 1.54) is 148 Å². The monoisotopic (exact) mass is 1110 g/mol. The predicted molar refractivity (Wildman–Crippen MR) is 348 cm³/mol. The molecule has 0 bridgehead atoms. The van der Waals surface area contributed by atoms with Gasteiger partial charge < -0.3 is 14.2 Å². The first kappa shape index (κ1) is 75.8. The van der Waals surface area contributed by atoms with Gasteiger partial charge in [-0.3, -0.25) is 14.4 Å². The second-order valence-electron chi connectivity index (χ2n) is 22.0. The standard InChI is InChI=1S/C74H124O6/c1-4-7-10-13-16-19-22-25-28-30-32-34-35-36-37-38-40-41-43-46-49-52-55-58-61-64-67-73(76)79-70-71(69-78-72(75)66-63-60-57-54-51-48-45-27-24-21-18-15-12-9-6-3)80-74(77)68-65-62-59-56-53-50-47-44-42-39-33-31-29-26-23-20-17-14-11-8-5-2/h8-9,11-12,17-18,20-21,26-27,29,33,39,44-45,47,51,53-54,56,71H,4-7,10,13-16,19,22-25,28,30-32,34-38,40-43,46,48-50,52,55,57-70H2,1-3H3/b11-8-,12-9-,20-17-,21-18-,29-26-,39-33-,45-27-,47-44-,54-51-,56-53-. The molecule has 0 aromatic heterocycles. The van der Waals surface area contributed by atoms with Gasteiger partial charge in [-0.25, -0.2) is 0 Å². The predicted octanol–water partition coefficient (Wildman–Crippen LogP) is 23.2. The fourth-order valence-corrected chi connectivity index (χ4v) is 9.26. The summed E-state index contributed by atoms with van der Waals surface area (Å²) in [5.41, 5.74) is 0.